The van der Waals surface area contributed by atoms with Crippen LogP contribution >= 0.6 is 11.8 Å². The molecule has 82 valence electrons. The van der Waals surface area contributed by atoms with Gasteiger partial charge >= 0.3 is 0 Å². The summed E-state index contributed by atoms with van der Waals surface area (Å²) in [5, 5.41) is 3.34. The van der Waals surface area contributed by atoms with Gasteiger partial charge in [0.15, 0.2) is 0 Å². The largest absolute Gasteiger partial charge is 0.313 e. The van der Waals surface area contributed by atoms with E-state index in [9.17, 15) is 0 Å². The van der Waals surface area contributed by atoms with Crippen molar-refractivity contribution in [3.8, 4) is 0 Å². The molecular weight excluding hydrogens is 202 g/mol. The van der Waals surface area contributed by atoms with E-state index < -0.39 is 0 Å². The molecule has 0 aliphatic carbocycles. The van der Waals surface area contributed by atoms with Crippen molar-refractivity contribution in [2.24, 2.45) is 0 Å². The number of thioether (sulfide) groups is 1. The second-order valence-electron chi connectivity index (χ2n) is 3.31. The second kappa shape index (κ2) is 7.55. The zero-order valence-electron chi connectivity index (χ0n) is 9.49. The Hall–Kier alpha value is -0.730. The molecule has 0 atom stereocenters. The van der Waals surface area contributed by atoms with Crippen molar-refractivity contribution in [1.82, 2.24) is 5.32 Å². The van der Waals surface area contributed by atoms with E-state index in [1.807, 2.05) is 11.8 Å². The summed E-state index contributed by atoms with van der Waals surface area (Å²) < 4.78 is 0. The molecule has 0 fully saturated rings. The minimum absolute atomic E-state index is 0.967. The Morgan fingerprint density at radius 2 is 2.27 bits per heavy atom. The average molecular weight is 221 g/mol. The van der Waals surface area contributed by atoms with Crippen LogP contribution in [0.5, 0.6) is 0 Å². The van der Waals surface area contributed by atoms with Crippen LogP contribution in [0, 0.1) is 0 Å². The van der Waals surface area contributed by atoms with Crippen LogP contribution in [0.15, 0.2) is 41.3 Å². The lowest BCUT2D eigenvalue weighted by Crippen LogP contribution is -2.11. The second-order valence-corrected chi connectivity index (χ2v) is 4.40. The van der Waals surface area contributed by atoms with Crippen molar-refractivity contribution >= 4 is 11.8 Å². The van der Waals surface area contributed by atoms with Crippen LogP contribution in [-0.2, 0) is 6.54 Å². The van der Waals surface area contributed by atoms with Gasteiger partial charge in [-0.2, -0.15) is 0 Å². The van der Waals surface area contributed by atoms with Gasteiger partial charge in [0.25, 0.3) is 0 Å². The zero-order chi connectivity index (χ0) is 10.9. The minimum Gasteiger partial charge on any atom is -0.313 e. The molecule has 0 spiro atoms. The number of benzene rings is 1. The van der Waals surface area contributed by atoms with Crippen molar-refractivity contribution < 1.29 is 0 Å². The molecule has 0 amide bonds. The molecule has 0 aromatic heterocycles. The summed E-state index contributed by atoms with van der Waals surface area (Å²) in [6.45, 7) is 6.18. The lowest BCUT2D eigenvalue weighted by Gasteiger charge is -2.04. The van der Waals surface area contributed by atoms with Crippen LogP contribution in [0.3, 0.4) is 0 Å². The van der Waals surface area contributed by atoms with Crippen LogP contribution in [0.4, 0.5) is 0 Å². The van der Waals surface area contributed by atoms with E-state index in [0.29, 0.717) is 0 Å². The van der Waals surface area contributed by atoms with Gasteiger partial charge in [-0.15, -0.1) is 11.8 Å². The molecule has 0 saturated heterocycles. The Kier molecular flexibility index (Phi) is 6.21. The summed E-state index contributed by atoms with van der Waals surface area (Å²) in [5.41, 5.74) is 1.36. The van der Waals surface area contributed by atoms with Gasteiger partial charge in [-0.3, -0.25) is 0 Å². The summed E-state index contributed by atoms with van der Waals surface area (Å²) in [6, 6.07) is 8.73. The minimum atomic E-state index is 0.967. The van der Waals surface area contributed by atoms with Gasteiger partial charge in [0, 0.05) is 17.2 Å². The summed E-state index contributed by atoms with van der Waals surface area (Å²) in [5.74, 6) is 1.06. The van der Waals surface area contributed by atoms with Gasteiger partial charge in [0.2, 0.25) is 0 Å². The van der Waals surface area contributed by atoms with Gasteiger partial charge in [-0.1, -0.05) is 31.2 Å². The summed E-state index contributed by atoms with van der Waals surface area (Å²) in [7, 11) is 0. The Labute approximate surface area is 97.0 Å². The summed E-state index contributed by atoms with van der Waals surface area (Å²) in [4.78, 5) is 1.35. The zero-order valence-corrected chi connectivity index (χ0v) is 10.3. The van der Waals surface area contributed by atoms with Crippen LogP contribution < -0.4 is 5.32 Å². The molecule has 0 aliphatic heterocycles. The molecule has 0 unspecified atom stereocenters. The van der Waals surface area contributed by atoms with Crippen molar-refractivity contribution in [2.45, 2.75) is 25.3 Å². The quantitative estimate of drug-likeness (QED) is 0.583. The lowest BCUT2D eigenvalue weighted by molar-refractivity contribution is 0.725. The van der Waals surface area contributed by atoms with Gasteiger partial charge in [-0.05, 0) is 31.2 Å². The van der Waals surface area contributed by atoms with Gasteiger partial charge in [0.05, 0.1) is 0 Å². The first-order valence-electron chi connectivity index (χ1n) is 5.40. The highest BCUT2D eigenvalue weighted by Gasteiger charge is 1.95. The summed E-state index contributed by atoms with van der Waals surface area (Å²) >= 11 is 1.88. The van der Waals surface area contributed by atoms with E-state index in [1.54, 1.807) is 0 Å². The third-order valence-electron chi connectivity index (χ3n) is 2.06. The SMILES string of the molecule is CC=CCSc1cccc(CNCC)c1. The van der Waals surface area contributed by atoms with Crippen molar-refractivity contribution in [2.75, 3.05) is 12.3 Å². The van der Waals surface area contributed by atoms with E-state index in [1.165, 1.54) is 10.5 Å². The standard InChI is InChI=1S/C13H19NS/c1-3-5-9-15-13-8-6-7-12(10-13)11-14-4-2/h3,5-8,10,14H,4,9,11H2,1-2H3. The summed E-state index contributed by atoms with van der Waals surface area (Å²) in [6.07, 6.45) is 4.27. The third kappa shape index (κ3) is 5.05. The highest BCUT2D eigenvalue weighted by molar-refractivity contribution is 7.99. The predicted octanol–water partition coefficient (Wildman–Crippen LogP) is 3.46. The van der Waals surface area contributed by atoms with Crippen LogP contribution in [0.1, 0.15) is 19.4 Å². The van der Waals surface area contributed by atoms with Crippen molar-refractivity contribution in [1.29, 1.82) is 0 Å². The van der Waals surface area contributed by atoms with Gasteiger partial charge < -0.3 is 5.32 Å². The molecule has 2 heteroatoms. The first-order valence-corrected chi connectivity index (χ1v) is 6.39. The molecule has 1 nitrogen and oxygen atoms in total. The van der Waals surface area contributed by atoms with E-state index in [2.05, 4.69) is 55.6 Å². The maximum atomic E-state index is 3.34. The number of allylic oxidation sites excluding steroid dienone is 1. The molecule has 0 heterocycles. The molecule has 0 bridgehead atoms. The van der Waals surface area contributed by atoms with Crippen LogP contribution in [0.2, 0.25) is 0 Å². The fraction of sp³-hybridized carbons (Fsp3) is 0.385. The molecule has 1 rings (SSSR count). The smallest absolute Gasteiger partial charge is 0.0205 e. The molecule has 1 N–H and O–H groups in total. The van der Waals surface area contributed by atoms with Crippen LogP contribution in [-0.4, -0.2) is 12.3 Å². The normalized spacial score (nSPS) is 11.1. The van der Waals surface area contributed by atoms with Crippen molar-refractivity contribution in [3.05, 3.63) is 42.0 Å². The predicted molar refractivity (Wildman–Crippen MR) is 69.4 cm³/mol. The maximum Gasteiger partial charge on any atom is 0.0205 e. The first kappa shape index (κ1) is 12.3. The topological polar surface area (TPSA) is 12.0 Å². The Morgan fingerprint density at radius 1 is 1.40 bits per heavy atom. The number of rotatable bonds is 6. The highest BCUT2D eigenvalue weighted by atomic mass is 32.2. The number of nitrogens with one attached hydrogen (secondary N) is 1. The monoisotopic (exact) mass is 221 g/mol. The Bertz CT molecular complexity index is 307. The molecule has 15 heavy (non-hydrogen) atoms. The fourth-order valence-electron chi connectivity index (χ4n) is 1.26. The van der Waals surface area contributed by atoms with E-state index in [4.69, 9.17) is 0 Å². The van der Waals surface area contributed by atoms with Gasteiger partial charge in [0.1, 0.15) is 0 Å². The highest BCUT2D eigenvalue weighted by Crippen LogP contribution is 2.19. The van der Waals surface area contributed by atoms with Gasteiger partial charge in [-0.25, -0.2) is 0 Å². The Balaban J connectivity index is 2.49. The molecule has 1 aromatic carbocycles. The molecule has 1 aromatic rings. The van der Waals surface area contributed by atoms with E-state index >= 15 is 0 Å². The fourth-order valence-corrected chi connectivity index (χ4v) is 2.15. The number of hydrogen-bond acceptors (Lipinski definition) is 2. The average Bonchev–Trinajstić information content (AvgIpc) is 2.27. The molecule has 0 aliphatic rings. The first-order chi connectivity index (χ1) is 7.36. The molecular formula is C13H19NS. The number of hydrogen-bond donors (Lipinski definition) is 1. The van der Waals surface area contributed by atoms with E-state index in [-0.39, 0.29) is 0 Å². The Morgan fingerprint density at radius 3 is 3.00 bits per heavy atom. The molecule has 0 radical (unpaired) electrons. The third-order valence-corrected chi connectivity index (χ3v) is 3.01. The van der Waals surface area contributed by atoms with E-state index in [0.717, 1.165) is 18.8 Å². The van der Waals surface area contributed by atoms with Crippen LogP contribution in [0.25, 0.3) is 0 Å². The lowest BCUT2D eigenvalue weighted by atomic mass is 10.2. The van der Waals surface area contributed by atoms with Crippen molar-refractivity contribution in [3.63, 3.8) is 0 Å². The maximum absolute atomic E-state index is 3.34. The molecule has 0 saturated carbocycles.